The topological polar surface area (TPSA) is 96.3 Å². The van der Waals surface area contributed by atoms with Gasteiger partial charge in [0, 0.05) is 23.5 Å². The molecule has 0 saturated carbocycles. The summed E-state index contributed by atoms with van der Waals surface area (Å²) in [4.78, 5) is 16.8. The van der Waals surface area contributed by atoms with Crippen molar-refractivity contribution in [1.29, 1.82) is 5.26 Å². The lowest BCUT2D eigenvalue weighted by Gasteiger charge is -2.19. The molecule has 7 nitrogen and oxygen atoms in total. The molecule has 4 rings (SSSR count). The van der Waals surface area contributed by atoms with Crippen LogP contribution in [0.15, 0.2) is 60.8 Å². The number of carbonyl (C=O) groups excluding carboxylic acids is 1. The standard InChI is InChI=1S/C21H16N4O3/c22-13-15-3-1-2-4-17(15)25-21(26)14-7-8-23-20(11-14)24-16-5-6-18-19(12-16)28-10-9-27-18/h1-8,11-12H,9-10H2,(H,23,24)(H,25,26). The van der Waals surface area contributed by atoms with E-state index in [1.165, 1.54) is 0 Å². The Labute approximate surface area is 161 Å². The van der Waals surface area contributed by atoms with Gasteiger partial charge in [-0.25, -0.2) is 4.98 Å². The molecule has 0 spiro atoms. The first-order valence-electron chi connectivity index (χ1n) is 8.66. The van der Waals surface area contributed by atoms with E-state index in [4.69, 9.17) is 14.7 Å². The highest BCUT2D eigenvalue weighted by Crippen LogP contribution is 2.33. The Morgan fingerprint density at radius 1 is 1.04 bits per heavy atom. The van der Waals surface area contributed by atoms with Gasteiger partial charge in [0.1, 0.15) is 25.1 Å². The average molecular weight is 372 g/mol. The van der Waals surface area contributed by atoms with E-state index < -0.39 is 0 Å². The Hall–Kier alpha value is -4.05. The molecule has 28 heavy (non-hydrogen) atoms. The Bertz CT molecular complexity index is 1080. The fourth-order valence-corrected chi connectivity index (χ4v) is 2.79. The van der Waals surface area contributed by atoms with Crippen molar-refractivity contribution in [2.45, 2.75) is 0 Å². The third-order valence-electron chi connectivity index (χ3n) is 4.13. The number of hydrogen-bond acceptors (Lipinski definition) is 6. The van der Waals surface area contributed by atoms with Gasteiger partial charge in [-0.15, -0.1) is 0 Å². The van der Waals surface area contributed by atoms with Crippen LogP contribution in [0.4, 0.5) is 17.2 Å². The molecule has 7 heteroatoms. The number of rotatable bonds is 4. The number of anilines is 3. The van der Waals surface area contributed by atoms with Crippen molar-refractivity contribution in [2.24, 2.45) is 0 Å². The molecule has 0 bridgehead atoms. The van der Waals surface area contributed by atoms with Gasteiger partial charge < -0.3 is 20.1 Å². The smallest absolute Gasteiger partial charge is 0.255 e. The molecule has 1 aliphatic heterocycles. The van der Waals surface area contributed by atoms with Gasteiger partial charge in [-0.2, -0.15) is 5.26 Å². The highest BCUT2D eigenvalue weighted by atomic mass is 16.6. The van der Waals surface area contributed by atoms with E-state index in [-0.39, 0.29) is 5.91 Å². The van der Waals surface area contributed by atoms with Gasteiger partial charge in [-0.05, 0) is 36.4 Å². The molecule has 0 unspecified atom stereocenters. The lowest BCUT2D eigenvalue weighted by Crippen LogP contribution is -2.15. The molecule has 0 saturated heterocycles. The molecule has 1 aromatic heterocycles. The highest BCUT2D eigenvalue weighted by Gasteiger charge is 2.13. The predicted octanol–water partition coefficient (Wildman–Crippen LogP) is 3.72. The molecule has 0 fully saturated rings. The number of para-hydroxylation sites is 1. The van der Waals surface area contributed by atoms with Crippen LogP contribution in [-0.4, -0.2) is 24.1 Å². The molecule has 1 amide bonds. The first-order valence-corrected chi connectivity index (χ1v) is 8.66. The van der Waals surface area contributed by atoms with E-state index in [1.54, 1.807) is 42.6 Å². The van der Waals surface area contributed by atoms with Crippen LogP contribution in [-0.2, 0) is 0 Å². The second-order valence-electron chi connectivity index (χ2n) is 6.02. The lowest BCUT2D eigenvalue weighted by atomic mass is 10.1. The van der Waals surface area contributed by atoms with Crippen LogP contribution in [0.5, 0.6) is 11.5 Å². The molecule has 2 N–H and O–H groups in total. The number of aromatic nitrogens is 1. The van der Waals surface area contributed by atoms with Gasteiger partial charge in [0.25, 0.3) is 5.91 Å². The molecule has 1 aliphatic rings. The van der Waals surface area contributed by atoms with Crippen molar-refractivity contribution >= 4 is 23.1 Å². The molecule has 0 radical (unpaired) electrons. The Balaban J connectivity index is 1.51. The molecule has 2 heterocycles. The van der Waals surface area contributed by atoms with Crippen molar-refractivity contribution in [1.82, 2.24) is 4.98 Å². The summed E-state index contributed by atoms with van der Waals surface area (Å²) in [5.41, 5.74) is 2.06. The molecule has 3 aromatic rings. The van der Waals surface area contributed by atoms with Gasteiger partial charge in [-0.3, -0.25) is 4.79 Å². The number of ether oxygens (including phenoxy) is 2. The predicted molar refractivity (Wildman–Crippen MR) is 104 cm³/mol. The minimum atomic E-state index is -0.324. The number of nitriles is 1. The van der Waals surface area contributed by atoms with Crippen LogP contribution in [0.2, 0.25) is 0 Å². The van der Waals surface area contributed by atoms with Crippen LogP contribution < -0.4 is 20.1 Å². The highest BCUT2D eigenvalue weighted by molar-refractivity contribution is 6.05. The van der Waals surface area contributed by atoms with Crippen molar-refractivity contribution < 1.29 is 14.3 Å². The van der Waals surface area contributed by atoms with Crippen molar-refractivity contribution in [2.75, 3.05) is 23.8 Å². The Morgan fingerprint density at radius 2 is 1.86 bits per heavy atom. The van der Waals surface area contributed by atoms with Crippen molar-refractivity contribution in [3.05, 3.63) is 71.9 Å². The zero-order valence-corrected chi connectivity index (χ0v) is 14.8. The zero-order valence-electron chi connectivity index (χ0n) is 14.8. The molecule has 2 aromatic carbocycles. The van der Waals surface area contributed by atoms with E-state index in [0.29, 0.717) is 47.3 Å². The van der Waals surface area contributed by atoms with Gasteiger partial charge in [0.15, 0.2) is 11.5 Å². The summed E-state index contributed by atoms with van der Waals surface area (Å²) in [6, 6.07) is 17.7. The normalized spacial score (nSPS) is 12.0. The monoisotopic (exact) mass is 372 g/mol. The molecule has 138 valence electrons. The van der Waals surface area contributed by atoms with E-state index in [1.807, 2.05) is 18.2 Å². The van der Waals surface area contributed by atoms with Crippen LogP contribution in [0, 0.1) is 11.3 Å². The minimum absolute atomic E-state index is 0.324. The maximum Gasteiger partial charge on any atom is 0.255 e. The van der Waals surface area contributed by atoms with Crippen LogP contribution in [0.3, 0.4) is 0 Å². The van der Waals surface area contributed by atoms with Crippen LogP contribution in [0.1, 0.15) is 15.9 Å². The number of benzene rings is 2. The second kappa shape index (κ2) is 7.68. The van der Waals surface area contributed by atoms with Crippen LogP contribution in [0.25, 0.3) is 0 Å². The number of amides is 1. The van der Waals surface area contributed by atoms with Gasteiger partial charge in [-0.1, -0.05) is 12.1 Å². The summed E-state index contributed by atoms with van der Waals surface area (Å²) < 4.78 is 11.1. The molecule has 0 aliphatic carbocycles. The first-order chi connectivity index (χ1) is 13.7. The van der Waals surface area contributed by atoms with Gasteiger partial charge >= 0.3 is 0 Å². The number of nitrogens with one attached hydrogen (secondary N) is 2. The lowest BCUT2D eigenvalue weighted by molar-refractivity contribution is 0.102. The second-order valence-corrected chi connectivity index (χ2v) is 6.02. The van der Waals surface area contributed by atoms with E-state index >= 15 is 0 Å². The number of fused-ring (bicyclic) bond motifs is 1. The fraction of sp³-hybridized carbons (Fsp3) is 0.0952. The number of pyridine rings is 1. The summed E-state index contributed by atoms with van der Waals surface area (Å²) >= 11 is 0. The summed E-state index contributed by atoms with van der Waals surface area (Å²) in [5.74, 6) is 1.56. The summed E-state index contributed by atoms with van der Waals surface area (Å²) in [7, 11) is 0. The number of nitrogens with zero attached hydrogens (tertiary/aromatic N) is 2. The molecular weight excluding hydrogens is 356 g/mol. The van der Waals surface area contributed by atoms with Crippen LogP contribution >= 0.6 is 0 Å². The third-order valence-corrected chi connectivity index (χ3v) is 4.13. The largest absolute Gasteiger partial charge is 0.486 e. The van der Waals surface area contributed by atoms with Crippen molar-refractivity contribution in [3.63, 3.8) is 0 Å². The SMILES string of the molecule is N#Cc1ccccc1NC(=O)c1ccnc(Nc2ccc3c(c2)OCCO3)c1. The van der Waals surface area contributed by atoms with Crippen molar-refractivity contribution in [3.8, 4) is 17.6 Å². The maximum absolute atomic E-state index is 12.6. The Kier molecular flexibility index (Phi) is 4.76. The van der Waals surface area contributed by atoms with Gasteiger partial charge in [0.2, 0.25) is 0 Å². The van der Waals surface area contributed by atoms with E-state index in [9.17, 15) is 4.79 Å². The maximum atomic E-state index is 12.6. The van der Waals surface area contributed by atoms with Gasteiger partial charge in [0.05, 0.1) is 11.3 Å². The summed E-state index contributed by atoms with van der Waals surface area (Å²) in [6.07, 6.45) is 1.55. The van der Waals surface area contributed by atoms with E-state index in [0.717, 1.165) is 5.69 Å². The summed E-state index contributed by atoms with van der Waals surface area (Å²) in [5, 5.41) is 15.1. The zero-order chi connectivity index (χ0) is 19.3. The first kappa shape index (κ1) is 17.4. The minimum Gasteiger partial charge on any atom is -0.486 e. The quantitative estimate of drug-likeness (QED) is 0.725. The number of hydrogen-bond donors (Lipinski definition) is 2. The average Bonchev–Trinajstić information content (AvgIpc) is 2.74. The molecular formula is C21H16N4O3. The number of carbonyl (C=O) groups is 1. The molecule has 0 atom stereocenters. The van der Waals surface area contributed by atoms with E-state index in [2.05, 4.69) is 21.7 Å². The third kappa shape index (κ3) is 3.71. The summed E-state index contributed by atoms with van der Waals surface area (Å²) in [6.45, 7) is 1.04. The fourth-order valence-electron chi connectivity index (χ4n) is 2.79. The Morgan fingerprint density at radius 3 is 2.71 bits per heavy atom.